The Hall–Kier alpha value is -2.72. The molecule has 0 aliphatic carbocycles. The summed E-state index contributed by atoms with van der Waals surface area (Å²) in [5, 5.41) is 5.47. The molecule has 2 heterocycles. The third-order valence-electron chi connectivity index (χ3n) is 4.15. The minimum absolute atomic E-state index is 0.0418. The number of carbonyl (C=O) groups excluding carboxylic acids is 1. The first-order valence-corrected chi connectivity index (χ1v) is 8.77. The normalized spacial score (nSPS) is 15.2. The van der Waals surface area contributed by atoms with Gasteiger partial charge >= 0.3 is 6.18 Å². The van der Waals surface area contributed by atoms with Crippen molar-refractivity contribution in [1.29, 1.82) is 0 Å². The van der Waals surface area contributed by atoms with Gasteiger partial charge in [0, 0.05) is 38.1 Å². The molecule has 1 saturated heterocycles. The van der Waals surface area contributed by atoms with Gasteiger partial charge in [0.15, 0.2) is 0 Å². The van der Waals surface area contributed by atoms with E-state index in [-0.39, 0.29) is 23.2 Å². The number of morpholine rings is 1. The number of benzene rings is 1. The molecule has 1 aliphatic heterocycles. The monoisotopic (exact) mass is 395 g/mol. The highest BCUT2D eigenvalue weighted by Gasteiger charge is 2.30. The molecule has 1 fully saturated rings. The quantitative estimate of drug-likeness (QED) is 0.782. The number of amides is 1. The van der Waals surface area contributed by atoms with Crippen molar-refractivity contribution in [2.75, 3.05) is 44.7 Å². The van der Waals surface area contributed by atoms with E-state index in [1.54, 1.807) is 0 Å². The molecular formula is C18H20F3N5O2. The number of rotatable bonds is 6. The molecule has 0 saturated carbocycles. The van der Waals surface area contributed by atoms with E-state index in [1.165, 1.54) is 24.4 Å². The molecule has 150 valence electrons. The second kappa shape index (κ2) is 8.98. The van der Waals surface area contributed by atoms with Crippen LogP contribution in [0.25, 0.3) is 0 Å². The van der Waals surface area contributed by atoms with E-state index >= 15 is 0 Å². The summed E-state index contributed by atoms with van der Waals surface area (Å²) < 4.78 is 43.7. The maximum atomic E-state index is 12.8. The lowest BCUT2D eigenvalue weighted by Crippen LogP contribution is -2.41. The summed E-state index contributed by atoms with van der Waals surface area (Å²) in [5.41, 5.74) is -0.472. The SMILES string of the molecule is O=C(NCCN1CCOCC1)c1ccnc(Nc2cccc(C(F)(F)F)c2)n1. The van der Waals surface area contributed by atoms with Crippen molar-refractivity contribution in [3.63, 3.8) is 0 Å². The molecule has 0 spiro atoms. The van der Waals surface area contributed by atoms with Gasteiger partial charge in [0.25, 0.3) is 5.91 Å². The van der Waals surface area contributed by atoms with E-state index in [4.69, 9.17) is 4.74 Å². The molecule has 10 heteroatoms. The lowest BCUT2D eigenvalue weighted by Gasteiger charge is -2.26. The zero-order valence-corrected chi connectivity index (χ0v) is 15.0. The van der Waals surface area contributed by atoms with E-state index < -0.39 is 11.7 Å². The van der Waals surface area contributed by atoms with Gasteiger partial charge in [-0.15, -0.1) is 0 Å². The van der Waals surface area contributed by atoms with Crippen LogP contribution >= 0.6 is 0 Å². The smallest absolute Gasteiger partial charge is 0.379 e. The summed E-state index contributed by atoms with van der Waals surface area (Å²) in [4.78, 5) is 22.5. The number of hydrogen-bond donors (Lipinski definition) is 2. The molecule has 1 aromatic heterocycles. The second-order valence-electron chi connectivity index (χ2n) is 6.18. The maximum Gasteiger partial charge on any atom is 0.416 e. The predicted molar refractivity (Wildman–Crippen MR) is 96.4 cm³/mol. The summed E-state index contributed by atoms with van der Waals surface area (Å²) in [6.07, 6.45) is -3.07. The van der Waals surface area contributed by atoms with Crippen LogP contribution in [0.5, 0.6) is 0 Å². The lowest BCUT2D eigenvalue weighted by molar-refractivity contribution is -0.137. The van der Waals surface area contributed by atoms with E-state index in [1.807, 2.05) is 0 Å². The molecule has 0 atom stereocenters. The number of halogens is 3. The molecule has 7 nitrogen and oxygen atoms in total. The first kappa shape index (κ1) is 20.0. The van der Waals surface area contributed by atoms with Crippen molar-refractivity contribution < 1.29 is 22.7 Å². The fourth-order valence-corrected chi connectivity index (χ4v) is 2.69. The number of ether oxygens (including phenoxy) is 1. The molecule has 0 bridgehead atoms. The molecule has 3 rings (SSSR count). The Bertz CT molecular complexity index is 810. The van der Waals surface area contributed by atoms with E-state index in [0.717, 1.165) is 25.2 Å². The van der Waals surface area contributed by atoms with Gasteiger partial charge in [-0.05, 0) is 24.3 Å². The Morgan fingerprint density at radius 3 is 2.75 bits per heavy atom. The number of nitrogens with zero attached hydrogens (tertiary/aromatic N) is 3. The summed E-state index contributed by atoms with van der Waals surface area (Å²) >= 11 is 0. The zero-order valence-electron chi connectivity index (χ0n) is 15.0. The largest absolute Gasteiger partial charge is 0.416 e. The van der Waals surface area contributed by atoms with Crippen LogP contribution in [0, 0.1) is 0 Å². The predicted octanol–water partition coefficient (Wildman–Crippen LogP) is 2.30. The topological polar surface area (TPSA) is 79.4 Å². The molecule has 0 unspecified atom stereocenters. The van der Waals surface area contributed by atoms with Gasteiger partial charge in [0.2, 0.25) is 5.95 Å². The van der Waals surface area contributed by atoms with Crippen molar-refractivity contribution in [2.45, 2.75) is 6.18 Å². The van der Waals surface area contributed by atoms with Crippen LogP contribution in [0.2, 0.25) is 0 Å². The molecule has 0 radical (unpaired) electrons. The average Bonchev–Trinajstić information content (AvgIpc) is 2.68. The van der Waals surface area contributed by atoms with E-state index in [0.29, 0.717) is 26.3 Å². The Morgan fingerprint density at radius 2 is 2.00 bits per heavy atom. The second-order valence-corrected chi connectivity index (χ2v) is 6.18. The van der Waals surface area contributed by atoms with E-state index in [9.17, 15) is 18.0 Å². The van der Waals surface area contributed by atoms with Crippen LogP contribution in [0.1, 0.15) is 16.1 Å². The van der Waals surface area contributed by atoms with Crippen LogP contribution in [0.15, 0.2) is 36.5 Å². The highest BCUT2D eigenvalue weighted by Crippen LogP contribution is 2.31. The van der Waals surface area contributed by atoms with E-state index in [2.05, 4.69) is 25.5 Å². The number of aromatic nitrogens is 2. The van der Waals surface area contributed by atoms with Crippen LogP contribution in [-0.4, -0.2) is 60.2 Å². The third kappa shape index (κ3) is 5.64. The van der Waals surface area contributed by atoms with Gasteiger partial charge < -0.3 is 15.4 Å². The van der Waals surface area contributed by atoms with Gasteiger partial charge in [-0.25, -0.2) is 9.97 Å². The maximum absolute atomic E-state index is 12.8. The van der Waals surface area contributed by atoms with Crippen LogP contribution < -0.4 is 10.6 Å². The molecular weight excluding hydrogens is 375 g/mol. The standard InChI is InChI=1S/C18H20F3N5O2/c19-18(20,21)13-2-1-3-14(12-13)24-17-23-5-4-15(25-17)16(27)22-6-7-26-8-10-28-11-9-26/h1-5,12H,6-11H2,(H,22,27)(H,23,24,25). The van der Waals surface area contributed by atoms with Crippen molar-refractivity contribution in [3.8, 4) is 0 Å². The summed E-state index contributed by atoms with van der Waals surface area (Å²) in [6.45, 7) is 4.19. The lowest BCUT2D eigenvalue weighted by atomic mass is 10.2. The Morgan fingerprint density at radius 1 is 1.21 bits per heavy atom. The van der Waals surface area contributed by atoms with Crippen molar-refractivity contribution in [2.24, 2.45) is 0 Å². The number of anilines is 2. The number of carbonyl (C=O) groups is 1. The number of nitrogens with one attached hydrogen (secondary N) is 2. The molecule has 2 aromatic rings. The zero-order chi connectivity index (χ0) is 20.0. The van der Waals surface area contributed by atoms with Crippen LogP contribution in [-0.2, 0) is 10.9 Å². The van der Waals surface area contributed by atoms with Gasteiger partial charge in [0.1, 0.15) is 5.69 Å². The van der Waals surface area contributed by atoms with Crippen LogP contribution in [0.4, 0.5) is 24.8 Å². The van der Waals surface area contributed by atoms with Gasteiger partial charge in [0.05, 0.1) is 18.8 Å². The van der Waals surface area contributed by atoms with Gasteiger partial charge in [-0.3, -0.25) is 9.69 Å². The van der Waals surface area contributed by atoms with Gasteiger partial charge in [-0.2, -0.15) is 13.2 Å². The minimum Gasteiger partial charge on any atom is -0.379 e. The average molecular weight is 395 g/mol. The number of hydrogen-bond acceptors (Lipinski definition) is 6. The first-order valence-electron chi connectivity index (χ1n) is 8.77. The molecule has 1 aromatic carbocycles. The highest BCUT2D eigenvalue weighted by atomic mass is 19.4. The Labute approximate surface area is 159 Å². The van der Waals surface area contributed by atoms with Crippen LogP contribution in [0.3, 0.4) is 0 Å². The van der Waals surface area contributed by atoms with Gasteiger partial charge in [-0.1, -0.05) is 6.07 Å². The van der Waals surface area contributed by atoms with Crippen molar-refractivity contribution >= 4 is 17.5 Å². The van der Waals surface area contributed by atoms with Crippen molar-refractivity contribution in [1.82, 2.24) is 20.2 Å². The molecule has 2 N–H and O–H groups in total. The Kier molecular flexibility index (Phi) is 6.42. The fourth-order valence-electron chi connectivity index (χ4n) is 2.69. The molecule has 28 heavy (non-hydrogen) atoms. The highest BCUT2D eigenvalue weighted by molar-refractivity contribution is 5.92. The number of alkyl halides is 3. The molecule has 1 aliphatic rings. The minimum atomic E-state index is -4.44. The summed E-state index contributed by atoms with van der Waals surface area (Å²) in [5.74, 6) is -0.331. The fraction of sp³-hybridized carbons (Fsp3) is 0.389. The summed E-state index contributed by atoms with van der Waals surface area (Å²) in [6, 6.07) is 6.13. The summed E-state index contributed by atoms with van der Waals surface area (Å²) in [7, 11) is 0. The Balaban J connectivity index is 1.58. The molecule has 1 amide bonds. The van der Waals surface area contributed by atoms with Crippen molar-refractivity contribution in [3.05, 3.63) is 47.8 Å². The third-order valence-corrected chi connectivity index (χ3v) is 4.15. The first-order chi connectivity index (χ1) is 13.4.